The highest BCUT2D eigenvalue weighted by Gasteiger charge is 2.16. The van der Waals surface area contributed by atoms with E-state index in [2.05, 4.69) is 17.1 Å². The number of Topliss-reactive ketones (excluding diaryl/α,β-unsaturated/α-hetero) is 1. The topological polar surface area (TPSA) is 50.2 Å². The molecule has 126 valence electrons. The average Bonchev–Trinajstić information content (AvgIpc) is 2.68. The van der Waals surface area contributed by atoms with Crippen molar-refractivity contribution in [3.05, 3.63) is 90.3 Å². The van der Waals surface area contributed by atoms with Crippen molar-refractivity contribution in [2.45, 2.75) is 18.8 Å². The van der Waals surface area contributed by atoms with Crippen LogP contribution in [0.5, 0.6) is 0 Å². The van der Waals surface area contributed by atoms with Gasteiger partial charge in [-0.15, -0.1) is 0 Å². The number of pyridine rings is 1. The first-order chi connectivity index (χ1) is 12.3. The lowest BCUT2D eigenvalue weighted by atomic mass is 9.95. The van der Waals surface area contributed by atoms with Crippen molar-refractivity contribution < 1.29 is 9.90 Å². The van der Waals surface area contributed by atoms with E-state index in [4.69, 9.17) is 0 Å². The fourth-order valence-corrected chi connectivity index (χ4v) is 2.90. The van der Waals surface area contributed by atoms with Crippen LogP contribution in [-0.4, -0.2) is 22.5 Å². The van der Waals surface area contributed by atoms with Gasteiger partial charge in [0, 0.05) is 30.7 Å². The normalized spacial score (nSPS) is 11.9. The van der Waals surface area contributed by atoms with Crippen LogP contribution in [0.2, 0.25) is 0 Å². The van der Waals surface area contributed by atoms with Gasteiger partial charge in [0.15, 0.2) is 0 Å². The minimum atomic E-state index is -0.239. The van der Waals surface area contributed by atoms with E-state index in [1.54, 1.807) is 6.20 Å². The Kier molecular flexibility index (Phi) is 5.70. The third-order valence-electron chi connectivity index (χ3n) is 4.26. The molecule has 1 N–H and O–H groups in total. The molecule has 0 aliphatic carbocycles. The maximum atomic E-state index is 12.4. The van der Waals surface area contributed by atoms with Crippen LogP contribution in [0, 0.1) is 0 Å². The molecule has 0 saturated carbocycles. The summed E-state index contributed by atoms with van der Waals surface area (Å²) in [6.45, 7) is -0.0737. The van der Waals surface area contributed by atoms with E-state index >= 15 is 0 Å². The van der Waals surface area contributed by atoms with Gasteiger partial charge in [-0.3, -0.25) is 9.78 Å². The Labute approximate surface area is 148 Å². The number of aliphatic hydroxyl groups excluding tert-OH is 1. The Morgan fingerprint density at radius 1 is 0.880 bits per heavy atom. The number of aliphatic hydroxyl groups is 1. The molecule has 3 aromatic rings. The Hall–Kier alpha value is -2.78. The second-order valence-electron chi connectivity index (χ2n) is 6.12. The first-order valence-electron chi connectivity index (χ1n) is 8.44. The molecule has 3 rings (SSSR count). The zero-order valence-electron chi connectivity index (χ0n) is 14.0. The Balaban J connectivity index is 1.63. The molecule has 1 atom stereocenters. The second-order valence-corrected chi connectivity index (χ2v) is 6.12. The summed E-state index contributed by atoms with van der Waals surface area (Å²) in [5.41, 5.74) is 4.05. The standard InChI is InChI=1S/C22H21NO2/c24-16-20(22-8-4-5-13-23-22)15-21(25)14-17-9-11-19(12-10-17)18-6-2-1-3-7-18/h1-13,20,24H,14-16H2. The van der Waals surface area contributed by atoms with Gasteiger partial charge in [0.2, 0.25) is 0 Å². The molecule has 2 aromatic carbocycles. The van der Waals surface area contributed by atoms with Gasteiger partial charge >= 0.3 is 0 Å². The number of aromatic nitrogens is 1. The molecular formula is C22H21NO2. The summed E-state index contributed by atoms with van der Waals surface area (Å²) in [4.78, 5) is 16.6. The third-order valence-corrected chi connectivity index (χ3v) is 4.26. The van der Waals surface area contributed by atoms with Crippen molar-refractivity contribution in [2.75, 3.05) is 6.61 Å². The summed E-state index contributed by atoms with van der Waals surface area (Å²) >= 11 is 0. The smallest absolute Gasteiger partial charge is 0.138 e. The van der Waals surface area contributed by atoms with Crippen LogP contribution in [0.4, 0.5) is 0 Å². The molecule has 0 saturated heterocycles. The van der Waals surface area contributed by atoms with Gasteiger partial charge in [0.05, 0.1) is 6.61 Å². The fraction of sp³-hybridized carbons (Fsp3) is 0.182. The average molecular weight is 331 g/mol. The molecule has 1 unspecified atom stereocenters. The van der Waals surface area contributed by atoms with Crippen molar-refractivity contribution in [3.63, 3.8) is 0 Å². The molecule has 3 nitrogen and oxygen atoms in total. The van der Waals surface area contributed by atoms with Crippen LogP contribution >= 0.6 is 0 Å². The molecule has 0 bridgehead atoms. The molecule has 25 heavy (non-hydrogen) atoms. The van der Waals surface area contributed by atoms with Crippen LogP contribution in [0.1, 0.15) is 23.6 Å². The molecule has 0 aliphatic rings. The summed E-state index contributed by atoms with van der Waals surface area (Å²) < 4.78 is 0. The molecule has 0 amide bonds. The van der Waals surface area contributed by atoms with E-state index in [1.807, 2.05) is 60.7 Å². The molecule has 3 heteroatoms. The van der Waals surface area contributed by atoms with Gasteiger partial charge in [0.25, 0.3) is 0 Å². The SMILES string of the molecule is O=C(Cc1ccc(-c2ccccc2)cc1)CC(CO)c1ccccn1. The van der Waals surface area contributed by atoms with E-state index in [1.165, 1.54) is 0 Å². The zero-order chi connectivity index (χ0) is 17.5. The highest BCUT2D eigenvalue weighted by Crippen LogP contribution is 2.21. The van der Waals surface area contributed by atoms with E-state index in [-0.39, 0.29) is 18.3 Å². The predicted octanol–water partition coefficient (Wildman–Crippen LogP) is 4.03. The molecule has 0 fully saturated rings. The lowest BCUT2D eigenvalue weighted by Gasteiger charge is -2.12. The summed E-state index contributed by atoms with van der Waals surface area (Å²) in [6, 6.07) is 23.8. The van der Waals surface area contributed by atoms with Crippen molar-refractivity contribution in [3.8, 4) is 11.1 Å². The predicted molar refractivity (Wildman–Crippen MR) is 99.3 cm³/mol. The summed E-state index contributed by atoms with van der Waals surface area (Å²) in [5.74, 6) is -0.130. The van der Waals surface area contributed by atoms with E-state index in [9.17, 15) is 9.90 Å². The quantitative estimate of drug-likeness (QED) is 0.711. The second kappa shape index (κ2) is 8.36. The summed E-state index contributed by atoms with van der Waals surface area (Å²) in [6.07, 6.45) is 2.36. The van der Waals surface area contributed by atoms with Crippen LogP contribution in [0.15, 0.2) is 79.0 Å². The number of nitrogens with zero attached hydrogens (tertiary/aromatic N) is 1. The van der Waals surface area contributed by atoms with Crippen molar-refractivity contribution >= 4 is 5.78 Å². The monoisotopic (exact) mass is 331 g/mol. The molecule has 1 heterocycles. The van der Waals surface area contributed by atoms with E-state index in [0.29, 0.717) is 12.8 Å². The number of hydrogen-bond acceptors (Lipinski definition) is 3. The maximum Gasteiger partial charge on any atom is 0.138 e. The minimum absolute atomic E-state index is 0.0737. The Morgan fingerprint density at radius 2 is 1.56 bits per heavy atom. The molecule has 0 spiro atoms. The van der Waals surface area contributed by atoms with Crippen LogP contribution in [0.3, 0.4) is 0 Å². The lowest BCUT2D eigenvalue weighted by Crippen LogP contribution is -2.13. The molecule has 1 aromatic heterocycles. The van der Waals surface area contributed by atoms with Crippen LogP contribution in [-0.2, 0) is 11.2 Å². The zero-order valence-corrected chi connectivity index (χ0v) is 14.0. The van der Waals surface area contributed by atoms with Crippen LogP contribution < -0.4 is 0 Å². The van der Waals surface area contributed by atoms with Crippen molar-refractivity contribution in [1.29, 1.82) is 0 Å². The molecule has 0 aliphatic heterocycles. The third kappa shape index (κ3) is 4.61. The van der Waals surface area contributed by atoms with Gasteiger partial charge in [-0.25, -0.2) is 0 Å². The van der Waals surface area contributed by atoms with E-state index < -0.39 is 0 Å². The van der Waals surface area contributed by atoms with Gasteiger partial charge < -0.3 is 5.11 Å². The number of carbonyl (C=O) groups excluding carboxylic acids is 1. The van der Waals surface area contributed by atoms with Gasteiger partial charge in [-0.2, -0.15) is 0 Å². The highest BCUT2D eigenvalue weighted by atomic mass is 16.3. The number of ketones is 1. The van der Waals surface area contributed by atoms with Crippen LogP contribution in [0.25, 0.3) is 11.1 Å². The number of carbonyl (C=O) groups is 1. The number of rotatable bonds is 7. The fourth-order valence-electron chi connectivity index (χ4n) is 2.90. The minimum Gasteiger partial charge on any atom is -0.396 e. The maximum absolute atomic E-state index is 12.4. The van der Waals surface area contributed by atoms with Crippen molar-refractivity contribution in [2.24, 2.45) is 0 Å². The lowest BCUT2D eigenvalue weighted by molar-refractivity contribution is -0.119. The molecule has 0 radical (unpaired) electrons. The summed E-state index contributed by atoms with van der Waals surface area (Å²) in [5, 5.41) is 9.56. The first kappa shape index (κ1) is 17.1. The van der Waals surface area contributed by atoms with E-state index in [0.717, 1.165) is 22.4 Å². The Morgan fingerprint density at radius 3 is 2.20 bits per heavy atom. The first-order valence-corrected chi connectivity index (χ1v) is 8.44. The largest absolute Gasteiger partial charge is 0.396 e. The number of hydrogen-bond donors (Lipinski definition) is 1. The molecular weight excluding hydrogens is 310 g/mol. The van der Waals surface area contributed by atoms with Gasteiger partial charge in [-0.05, 0) is 28.8 Å². The summed E-state index contributed by atoms with van der Waals surface area (Å²) in [7, 11) is 0. The number of benzene rings is 2. The van der Waals surface area contributed by atoms with Crippen molar-refractivity contribution in [1.82, 2.24) is 4.98 Å². The van der Waals surface area contributed by atoms with Gasteiger partial charge in [-0.1, -0.05) is 60.7 Å². The van der Waals surface area contributed by atoms with Gasteiger partial charge in [0.1, 0.15) is 5.78 Å². The highest BCUT2D eigenvalue weighted by molar-refractivity contribution is 5.81. The Bertz CT molecular complexity index is 798.